The third-order valence-corrected chi connectivity index (χ3v) is 3.57. The summed E-state index contributed by atoms with van der Waals surface area (Å²) in [5, 5.41) is 9.02. The molecule has 100 valence electrons. The Morgan fingerprint density at radius 3 is 2.84 bits per heavy atom. The zero-order valence-electron chi connectivity index (χ0n) is 11.3. The molecule has 0 aromatic heterocycles. The first-order valence-electron chi connectivity index (χ1n) is 6.36. The third kappa shape index (κ3) is 2.40. The standard InChI is InChI=1S/C14H18N4O/c1-10(5-6-15)18-9-14(19)17(2)12-4-3-11(8-16)7-13(12)18/h3-4,7,10H,5-6,9,15H2,1-2H3. The highest BCUT2D eigenvalue weighted by molar-refractivity contribution is 6.03. The molecule has 5 nitrogen and oxygen atoms in total. The van der Waals surface area contributed by atoms with Crippen LogP contribution in [-0.4, -0.2) is 32.1 Å². The highest BCUT2D eigenvalue weighted by Crippen LogP contribution is 2.35. The summed E-state index contributed by atoms with van der Waals surface area (Å²) in [6, 6.07) is 7.72. The Kier molecular flexibility index (Phi) is 3.72. The molecule has 1 aliphatic heterocycles. The van der Waals surface area contributed by atoms with Crippen molar-refractivity contribution in [2.75, 3.05) is 29.9 Å². The fourth-order valence-electron chi connectivity index (χ4n) is 2.37. The fourth-order valence-corrected chi connectivity index (χ4v) is 2.37. The maximum Gasteiger partial charge on any atom is 0.246 e. The molecule has 0 bridgehead atoms. The number of anilines is 2. The lowest BCUT2D eigenvalue weighted by Gasteiger charge is -2.39. The molecule has 0 radical (unpaired) electrons. The first-order valence-corrected chi connectivity index (χ1v) is 6.36. The van der Waals surface area contributed by atoms with E-state index in [9.17, 15) is 4.79 Å². The molecule has 2 rings (SSSR count). The molecule has 19 heavy (non-hydrogen) atoms. The number of hydrogen-bond acceptors (Lipinski definition) is 4. The van der Waals surface area contributed by atoms with E-state index < -0.39 is 0 Å². The molecule has 0 fully saturated rings. The first kappa shape index (κ1) is 13.4. The molecule has 0 spiro atoms. The Hall–Kier alpha value is -2.06. The van der Waals surface area contributed by atoms with Crippen LogP contribution in [0.4, 0.5) is 11.4 Å². The molecule has 1 unspecified atom stereocenters. The lowest BCUT2D eigenvalue weighted by molar-refractivity contribution is -0.117. The maximum atomic E-state index is 12.0. The minimum absolute atomic E-state index is 0.0566. The molecular weight excluding hydrogens is 240 g/mol. The SMILES string of the molecule is CC(CCN)N1CC(=O)N(C)c2ccc(C#N)cc21. The molecule has 0 saturated carbocycles. The molecular formula is C14H18N4O. The van der Waals surface area contributed by atoms with Gasteiger partial charge in [0.05, 0.1) is 29.6 Å². The van der Waals surface area contributed by atoms with E-state index >= 15 is 0 Å². The zero-order valence-corrected chi connectivity index (χ0v) is 11.3. The van der Waals surface area contributed by atoms with Crippen molar-refractivity contribution in [3.8, 4) is 6.07 Å². The average Bonchev–Trinajstić information content (AvgIpc) is 2.42. The second-order valence-corrected chi connectivity index (χ2v) is 4.82. The molecule has 1 heterocycles. The monoisotopic (exact) mass is 258 g/mol. The number of nitrogens with zero attached hydrogens (tertiary/aromatic N) is 3. The number of carbonyl (C=O) groups is 1. The van der Waals surface area contributed by atoms with E-state index in [4.69, 9.17) is 11.0 Å². The van der Waals surface area contributed by atoms with Crippen molar-refractivity contribution in [2.24, 2.45) is 5.73 Å². The fraction of sp³-hybridized carbons (Fsp3) is 0.429. The normalized spacial score (nSPS) is 16.0. The Bertz CT molecular complexity index is 535. The van der Waals surface area contributed by atoms with Crippen LogP contribution in [0, 0.1) is 11.3 Å². The predicted octanol–water partition coefficient (Wildman–Crippen LogP) is 1.08. The summed E-state index contributed by atoms with van der Waals surface area (Å²) < 4.78 is 0. The van der Waals surface area contributed by atoms with E-state index in [0.717, 1.165) is 17.8 Å². The number of hydrogen-bond donors (Lipinski definition) is 1. The predicted molar refractivity (Wildman–Crippen MR) is 75.0 cm³/mol. The van der Waals surface area contributed by atoms with Gasteiger partial charge in [0.25, 0.3) is 0 Å². The van der Waals surface area contributed by atoms with Crippen molar-refractivity contribution in [3.63, 3.8) is 0 Å². The zero-order chi connectivity index (χ0) is 14.0. The van der Waals surface area contributed by atoms with Gasteiger partial charge in [0.1, 0.15) is 0 Å². The van der Waals surface area contributed by atoms with Crippen LogP contribution in [-0.2, 0) is 4.79 Å². The Labute approximate surface area is 113 Å². The van der Waals surface area contributed by atoms with Crippen LogP contribution < -0.4 is 15.5 Å². The van der Waals surface area contributed by atoms with Gasteiger partial charge in [0, 0.05) is 13.1 Å². The van der Waals surface area contributed by atoms with E-state index in [-0.39, 0.29) is 11.9 Å². The van der Waals surface area contributed by atoms with Crippen LogP contribution in [0.5, 0.6) is 0 Å². The summed E-state index contributed by atoms with van der Waals surface area (Å²) in [5.74, 6) is 0.0566. The second kappa shape index (κ2) is 5.29. The molecule has 1 aromatic carbocycles. The number of amides is 1. The summed E-state index contributed by atoms with van der Waals surface area (Å²) in [4.78, 5) is 15.7. The van der Waals surface area contributed by atoms with E-state index in [1.165, 1.54) is 0 Å². The number of fused-ring (bicyclic) bond motifs is 1. The summed E-state index contributed by atoms with van der Waals surface area (Å²) in [7, 11) is 1.76. The van der Waals surface area contributed by atoms with E-state index in [2.05, 4.69) is 6.07 Å². The number of nitrogens with two attached hydrogens (primary N) is 1. The minimum Gasteiger partial charge on any atom is -0.358 e. The van der Waals surface area contributed by atoms with Gasteiger partial charge in [0.2, 0.25) is 5.91 Å². The van der Waals surface area contributed by atoms with Crippen LogP contribution in [0.25, 0.3) is 0 Å². The highest BCUT2D eigenvalue weighted by atomic mass is 16.2. The van der Waals surface area contributed by atoms with E-state index in [1.54, 1.807) is 18.0 Å². The molecule has 2 N–H and O–H groups in total. The summed E-state index contributed by atoms with van der Waals surface area (Å²) in [6.45, 7) is 2.96. The molecule has 1 atom stereocenters. The number of rotatable bonds is 3. The lowest BCUT2D eigenvalue weighted by atomic mass is 10.1. The van der Waals surface area contributed by atoms with Gasteiger partial charge in [0.15, 0.2) is 0 Å². The molecule has 0 saturated heterocycles. The van der Waals surface area contributed by atoms with Crippen LogP contribution >= 0.6 is 0 Å². The van der Waals surface area contributed by atoms with E-state index in [0.29, 0.717) is 18.7 Å². The van der Waals surface area contributed by atoms with Gasteiger partial charge in [-0.1, -0.05) is 0 Å². The van der Waals surface area contributed by atoms with Crippen molar-refractivity contribution in [2.45, 2.75) is 19.4 Å². The minimum atomic E-state index is 0.0566. The molecule has 1 aromatic rings. The molecule has 1 aliphatic rings. The largest absolute Gasteiger partial charge is 0.358 e. The number of nitriles is 1. The van der Waals surface area contributed by atoms with Crippen molar-refractivity contribution in [3.05, 3.63) is 23.8 Å². The van der Waals surface area contributed by atoms with Gasteiger partial charge in [-0.05, 0) is 38.1 Å². The van der Waals surface area contributed by atoms with Gasteiger partial charge in [-0.25, -0.2) is 0 Å². The Balaban J connectivity index is 2.46. The quantitative estimate of drug-likeness (QED) is 0.880. The maximum absolute atomic E-state index is 12.0. The average molecular weight is 258 g/mol. The number of carbonyl (C=O) groups excluding carboxylic acids is 1. The molecule has 0 aliphatic carbocycles. The molecule has 1 amide bonds. The van der Waals surface area contributed by atoms with Gasteiger partial charge in [-0.2, -0.15) is 5.26 Å². The van der Waals surface area contributed by atoms with Crippen LogP contribution in [0.1, 0.15) is 18.9 Å². The van der Waals surface area contributed by atoms with Gasteiger partial charge >= 0.3 is 0 Å². The lowest BCUT2D eigenvalue weighted by Crippen LogP contribution is -2.48. The highest BCUT2D eigenvalue weighted by Gasteiger charge is 2.29. The van der Waals surface area contributed by atoms with Gasteiger partial charge in [-0.15, -0.1) is 0 Å². The van der Waals surface area contributed by atoms with Gasteiger partial charge < -0.3 is 15.5 Å². The number of benzene rings is 1. The Morgan fingerprint density at radius 1 is 1.47 bits per heavy atom. The van der Waals surface area contributed by atoms with Gasteiger partial charge in [-0.3, -0.25) is 4.79 Å². The second-order valence-electron chi connectivity index (χ2n) is 4.82. The molecule has 5 heteroatoms. The first-order chi connectivity index (χ1) is 9.08. The third-order valence-electron chi connectivity index (χ3n) is 3.57. The number of likely N-dealkylation sites (N-methyl/N-ethyl adjacent to an activating group) is 1. The van der Waals surface area contributed by atoms with Crippen LogP contribution in [0.2, 0.25) is 0 Å². The summed E-state index contributed by atoms with van der Waals surface area (Å²) >= 11 is 0. The van der Waals surface area contributed by atoms with Crippen molar-refractivity contribution in [1.82, 2.24) is 0 Å². The van der Waals surface area contributed by atoms with E-state index in [1.807, 2.05) is 24.0 Å². The Morgan fingerprint density at radius 2 is 2.21 bits per heavy atom. The van der Waals surface area contributed by atoms with Crippen molar-refractivity contribution in [1.29, 1.82) is 5.26 Å². The topological polar surface area (TPSA) is 73.4 Å². The van der Waals surface area contributed by atoms with Crippen molar-refractivity contribution < 1.29 is 4.79 Å². The van der Waals surface area contributed by atoms with Crippen molar-refractivity contribution >= 4 is 17.3 Å². The summed E-state index contributed by atoms with van der Waals surface area (Å²) in [5.41, 5.74) is 7.98. The summed E-state index contributed by atoms with van der Waals surface area (Å²) in [6.07, 6.45) is 0.813. The smallest absolute Gasteiger partial charge is 0.246 e. The van der Waals surface area contributed by atoms with Crippen LogP contribution in [0.15, 0.2) is 18.2 Å². The van der Waals surface area contributed by atoms with Crippen LogP contribution in [0.3, 0.4) is 0 Å².